The first-order chi connectivity index (χ1) is 15.5. The summed E-state index contributed by atoms with van der Waals surface area (Å²) in [4.78, 5) is 12.1. The number of methoxy groups -OCH3 is 1. The molecule has 0 saturated heterocycles. The summed E-state index contributed by atoms with van der Waals surface area (Å²) in [6.07, 6.45) is 1.65. The summed E-state index contributed by atoms with van der Waals surface area (Å²) in [5.74, 6) is 0.526. The molecule has 0 spiro atoms. The molecular weight excluding hydrogens is 414 g/mol. The second-order valence-electron chi connectivity index (χ2n) is 7.04. The lowest BCUT2D eigenvalue weighted by Crippen LogP contribution is -2.00. The third-order valence-electron chi connectivity index (χ3n) is 5.05. The lowest BCUT2D eigenvalue weighted by Gasteiger charge is -2.09. The lowest BCUT2D eigenvalue weighted by atomic mass is 10.0. The number of para-hydroxylation sites is 2. The molecule has 0 aliphatic heterocycles. The van der Waals surface area contributed by atoms with Gasteiger partial charge in [-0.15, -0.1) is 5.10 Å². The van der Waals surface area contributed by atoms with Crippen molar-refractivity contribution in [2.24, 2.45) is 0 Å². The van der Waals surface area contributed by atoms with E-state index in [-0.39, 0.29) is 34.5 Å². The Morgan fingerprint density at radius 1 is 1.12 bits per heavy atom. The molecule has 5 aromatic rings. The first-order valence-electron chi connectivity index (χ1n) is 9.55. The average Bonchev–Trinajstić information content (AvgIpc) is 3.39. The zero-order valence-electron chi connectivity index (χ0n) is 17.1. The van der Waals surface area contributed by atoms with Crippen molar-refractivity contribution in [3.05, 3.63) is 64.6 Å². The Labute approximate surface area is 180 Å². The maximum absolute atomic E-state index is 12.1. The van der Waals surface area contributed by atoms with Crippen LogP contribution in [0.15, 0.2) is 62.3 Å². The number of nitrogens with zero attached hydrogens (tertiary/aromatic N) is 4. The van der Waals surface area contributed by atoms with Crippen molar-refractivity contribution in [3.8, 4) is 39.9 Å². The second kappa shape index (κ2) is 7.27. The molecule has 0 aliphatic carbocycles. The summed E-state index contributed by atoms with van der Waals surface area (Å²) < 4.78 is 17.9. The maximum atomic E-state index is 12.1. The quantitative estimate of drug-likeness (QED) is 0.410. The third-order valence-corrected chi connectivity index (χ3v) is 5.05. The van der Waals surface area contributed by atoms with Crippen molar-refractivity contribution >= 4 is 17.0 Å². The van der Waals surface area contributed by atoms with E-state index < -0.39 is 5.63 Å². The molecule has 0 aliphatic rings. The molecule has 0 unspecified atom stereocenters. The highest BCUT2D eigenvalue weighted by molar-refractivity contribution is 5.99. The molecule has 3 heterocycles. The fraction of sp³-hybridized carbons (Fsp3) is 0.0909. The number of anilines is 1. The minimum absolute atomic E-state index is 0.0880. The number of rotatable bonds is 4. The average molecular weight is 431 g/mol. The molecule has 0 fully saturated rings. The van der Waals surface area contributed by atoms with Crippen LogP contribution in [0.25, 0.3) is 39.4 Å². The normalized spacial score (nSPS) is 11.2. The molecule has 160 valence electrons. The van der Waals surface area contributed by atoms with Crippen LogP contribution in [0.3, 0.4) is 0 Å². The monoisotopic (exact) mass is 431 g/mol. The largest absolute Gasteiger partial charge is 0.507 e. The van der Waals surface area contributed by atoms with Crippen LogP contribution in [0.5, 0.6) is 11.5 Å². The van der Waals surface area contributed by atoms with Gasteiger partial charge in [-0.2, -0.15) is 5.10 Å². The van der Waals surface area contributed by atoms with Gasteiger partial charge in [-0.25, -0.2) is 9.48 Å². The minimum atomic E-state index is -0.547. The Morgan fingerprint density at radius 3 is 2.69 bits per heavy atom. The molecule has 5 rings (SSSR count). The van der Waals surface area contributed by atoms with Crippen LogP contribution in [0, 0.1) is 6.92 Å². The molecule has 3 aromatic heterocycles. The van der Waals surface area contributed by atoms with Crippen molar-refractivity contribution in [2.45, 2.75) is 6.92 Å². The Kier molecular flexibility index (Phi) is 4.40. The van der Waals surface area contributed by atoms with Gasteiger partial charge in [0.05, 0.1) is 18.2 Å². The highest BCUT2D eigenvalue weighted by atomic mass is 16.5. The maximum Gasteiger partial charge on any atom is 0.336 e. The standard InChI is InChI=1S/C22H17N5O5/c1-11-9-17(29)31-20-12(11)7-8-15(28)18(20)19-13(21-24-25-22(23)32-21)10-27(26-19)14-5-3-4-6-16(14)30-2/h3-10,28H,1-2H3,(H2,23,25). The van der Waals surface area contributed by atoms with Gasteiger partial charge in [-0.3, -0.25) is 0 Å². The van der Waals surface area contributed by atoms with Crippen LogP contribution < -0.4 is 16.1 Å². The van der Waals surface area contributed by atoms with Crippen molar-refractivity contribution in [1.82, 2.24) is 20.0 Å². The van der Waals surface area contributed by atoms with Crippen LogP contribution in [0.1, 0.15) is 5.56 Å². The van der Waals surface area contributed by atoms with Gasteiger partial charge < -0.3 is 24.4 Å². The van der Waals surface area contributed by atoms with E-state index >= 15 is 0 Å². The zero-order valence-corrected chi connectivity index (χ0v) is 17.1. The number of aromatic hydroxyl groups is 1. The fourth-order valence-corrected chi connectivity index (χ4v) is 3.60. The smallest absolute Gasteiger partial charge is 0.336 e. The molecular formula is C22H17N5O5. The van der Waals surface area contributed by atoms with E-state index in [1.165, 1.54) is 12.1 Å². The molecule has 10 heteroatoms. The van der Waals surface area contributed by atoms with Gasteiger partial charge in [0.1, 0.15) is 22.9 Å². The number of aryl methyl sites for hydroxylation is 1. The molecule has 0 amide bonds. The van der Waals surface area contributed by atoms with E-state index in [1.54, 1.807) is 37.0 Å². The van der Waals surface area contributed by atoms with Crippen molar-refractivity contribution < 1.29 is 18.7 Å². The number of benzene rings is 2. The number of aromatic nitrogens is 4. The summed E-state index contributed by atoms with van der Waals surface area (Å²) in [5, 5.41) is 23.8. The zero-order chi connectivity index (χ0) is 22.4. The number of phenols is 1. The van der Waals surface area contributed by atoms with E-state index in [4.69, 9.17) is 19.3 Å². The van der Waals surface area contributed by atoms with Crippen LogP contribution in [0.2, 0.25) is 0 Å². The van der Waals surface area contributed by atoms with E-state index in [9.17, 15) is 9.90 Å². The van der Waals surface area contributed by atoms with Gasteiger partial charge in [0.15, 0.2) is 5.58 Å². The molecule has 0 bridgehead atoms. The Bertz CT molecular complexity index is 1530. The van der Waals surface area contributed by atoms with Gasteiger partial charge >= 0.3 is 11.6 Å². The number of hydrogen-bond donors (Lipinski definition) is 2. The van der Waals surface area contributed by atoms with Crippen LogP contribution >= 0.6 is 0 Å². The summed E-state index contributed by atoms with van der Waals surface area (Å²) in [6, 6.07) is 11.7. The van der Waals surface area contributed by atoms with Crippen LogP contribution in [-0.4, -0.2) is 32.2 Å². The number of nitrogen functional groups attached to an aromatic ring is 1. The molecule has 0 saturated carbocycles. The van der Waals surface area contributed by atoms with Gasteiger partial charge in [0.2, 0.25) is 0 Å². The third kappa shape index (κ3) is 3.05. The highest BCUT2D eigenvalue weighted by Gasteiger charge is 2.25. The van der Waals surface area contributed by atoms with Gasteiger partial charge in [-0.1, -0.05) is 17.2 Å². The molecule has 2 aromatic carbocycles. The number of ether oxygens (including phenoxy) is 1. The Morgan fingerprint density at radius 2 is 1.94 bits per heavy atom. The second-order valence-corrected chi connectivity index (χ2v) is 7.04. The number of nitrogens with two attached hydrogens (primary N) is 1. The lowest BCUT2D eigenvalue weighted by molar-refractivity contribution is 0.412. The topological polar surface area (TPSA) is 142 Å². The predicted molar refractivity (Wildman–Crippen MR) is 116 cm³/mol. The predicted octanol–water partition coefficient (Wildman–Crippen LogP) is 3.30. The summed E-state index contributed by atoms with van der Waals surface area (Å²) >= 11 is 0. The van der Waals surface area contributed by atoms with Crippen molar-refractivity contribution in [3.63, 3.8) is 0 Å². The number of fused-ring (bicyclic) bond motifs is 1. The van der Waals surface area contributed by atoms with Crippen molar-refractivity contribution in [1.29, 1.82) is 0 Å². The molecule has 3 N–H and O–H groups in total. The van der Waals surface area contributed by atoms with E-state index in [2.05, 4.69) is 15.3 Å². The first-order valence-corrected chi connectivity index (χ1v) is 9.55. The molecule has 10 nitrogen and oxygen atoms in total. The Hall–Kier alpha value is -4.60. The van der Waals surface area contributed by atoms with Gasteiger partial charge in [0.25, 0.3) is 5.89 Å². The minimum Gasteiger partial charge on any atom is -0.507 e. The van der Waals surface area contributed by atoms with Crippen LogP contribution in [-0.2, 0) is 0 Å². The SMILES string of the molecule is COc1ccccc1-n1cc(-c2nnc(N)o2)c(-c2c(O)ccc3c(C)cc(=O)oc23)n1. The summed E-state index contributed by atoms with van der Waals surface area (Å²) in [7, 11) is 1.55. The Balaban J connectivity index is 1.86. The molecule has 32 heavy (non-hydrogen) atoms. The molecule has 0 radical (unpaired) electrons. The number of hydrogen-bond acceptors (Lipinski definition) is 9. The van der Waals surface area contributed by atoms with Gasteiger partial charge in [-0.05, 0) is 36.8 Å². The summed E-state index contributed by atoms with van der Waals surface area (Å²) in [6.45, 7) is 1.78. The number of phenolic OH excluding ortho intramolecular Hbond substituents is 1. The van der Waals surface area contributed by atoms with E-state index in [0.29, 0.717) is 28.0 Å². The van der Waals surface area contributed by atoms with E-state index in [0.717, 1.165) is 0 Å². The summed E-state index contributed by atoms with van der Waals surface area (Å²) in [5.41, 5.74) is 7.46. The highest BCUT2D eigenvalue weighted by Crippen LogP contribution is 2.41. The van der Waals surface area contributed by atoms with Crippen molar-refractivity contribution in [2.75, 3.05) is 12.8 Å². The van der Waals surface area contributed by atoms with Crippen LogP contribution in [0.4, 0.5) is 6.01 Å². The van der Waals surface area contributed by atoms with Gasteiger partial charge in [0, 0.05) is 17.6 Å². The molecule has 0 atom stereocenters. The fourth-order valence-electron chi connectivity index (χ4n) is 3.60. The van der Waals surface area contributed by atoms with E-state index in [1.807, 2.05) is 18.2 Å². The first kappa shape index (κ1) is 19.4.